The molecule has 2 rings (SSSR count). The van der Waals surface area contributed by atoms with Gasteiger partial charge in [0.15, 0.2) is 0 Å². The van der Waals surface area contributed by atoms with Crippen molar-refractivity contribution in [2.24, 2.45) is 0 Å². The van der Waals surface area contributed by atoms with E-state index in [1.807, 2.05) is 9.80 Å². The molecule has 1 atom stereocenters. The topological polar surface area (TPSA) is 35.6 Å². The van der Waals surface area contributed by atoms with E-state index in [1.54, 1.807) is 0 Å². The van der Waals surface area contributed by atoms with Crippen molar-refractivity contribution in [3.05, 3.63) is 0 Å². The van der Waals surface area contributed by atoms with E-state index in [0.717, 1.165) is 32.7 Å². The zero-order valence-corrected chi connectivity index (χ0v) is 11.0. The lowest BCUT2D eigenvalue weighted by Crippen LogP contribution is -2.49. The van der Waals surface area contributed by atoms with E-state index in [-0.39, 0.29) is 6.03 Å². The maximum atomic E-state index is 12.1. The number of urea groups is 1. The zero-order valence-electron chi connectivity index (χ0n) is 11.0. The van der Waals surface area contributed by atoms with Gasteiger partial charge in [-0.2, -0.15) is 0 Å². The van der Waals surface area contributed by atoms with Gasteiger partial charge in [-0.25, -0.2) is 4.79 Å². The number of nitrogens with zero attached hydrogens (tertiary/aromatic N) is 2. The Hall–Kier alpha value is -0.770. The van der Waals surface area contributed by atoms with Gasteiger partial charge in [-0.05, 0) is 6.42 Å². The number of rotatable bonds is 6. The molecule has 0 aromatic rings. The minimum absolute atomic E-state index is 0.270. The third-order valence-electron chi connectivity index (χ3n) is 3.83. The van der Waals surface area contributed by atoms with Crippen LogP contribution in [-0.4, -0.2) is 54.6 Å². The molecule has 0 spiro atoms. The van der Waals surface area contributed by atoms with Crippen molar-refractivity contribution in [1.82, 2.24) is 15.1 Å². The summed E-state index contributed by atoms with van der Waals surface area (Å²) in [6, 6.07) is 0.693. The molecule has 0 aliphatic carbocycles. The quantitative estimate of drug-likeness (QED) is 0.716. The molecular weight excluding hydrogens is 214 g/mol. The summed E-state index contributed by atoms with van der Waals surface area (Å²) in [6.45, 7) is 6.92. The van der Waals surface area contributed by atoms with Crippen LogP contribution in [0, 0.1) is 0 Å². The van der Waals surface area contributed by atoms with Crippen molar-refractivity contribution in [3.63, 3.8) is 0 Å². The van der Waals surface area contributed by atoms with Crippen LogP contribution < -0.4 is 5.32 Å². The van der Waals surface area contributed by atoms with Gasteiger partial charge in [-0.1, -0.05) is 32.6 Å². The molecule has 2 aliphatic rings. The predicted molar refractivity (Wildman–Crippen MR) is 69.1 cm³/mol. The largest absolute Gasteiger partial charge is 0.323 e. The average Bonchev–Trinajstić information content (AvgIpc) is 2.67. The highest BCUT2D eigenvalue weighted by Crippen LogP contribution is 2.18. The van der Waals surface area contributed by atoms with Gasteiger partial charge in [0, 0.05) is 32.7 Å². The molecule has 1 N–H and O–H groups in total. The van der Waals surface area contributed by atoms with Crippen molar-refractivity contribution in [2.75, 3.05) is 32.7 Å². The Balaban J connectivity index is 1.69. The van der Waals surface area contributed by atoms with Gasteiger partial charge in [0.25, 0.3) is 0 Å². The summed E-state index contributed by atoms with van der Waals surface area (Å²) >= 11 is 0. The maximum absolute atomic E-state index is 12.1. The molecule has 0 aromatic carbocycles. The highest BCUT2D eigenvalue weighted by atomic mass is 16.2. The second-order valence-corrected chi connectivity index (χ2v) is 5.19. The van der Waals surface area contributed by atoms with Crippen LogP contribution in [0.3, 0.4) is 0 Å². The first-order valence-corrected chi connectivity index (χ1v) is 7.09. The molecule has 4 nitrogen and oxygen atoms in total. The molecule has 2 saturated heterocycles. The molecule has 2 amide bonds. The first-order valence-electron chi connectivity index (χ1n) is 7.09. The van der Waals surface area contributed by atoms with Crippen LogP contribution >= 0.6 is 0 Å². The highest BCUT2D eigenvalue weighted by molar-refractivity contribution is 5.77. The SMILES string of the molecule is CCCCCCCN1CC2CNCCN2C1=O. The van der Waals surface area contributed by atoms with Crippen molar-refractivity contribution in [2.45, 2.75) is 45.1 Å². The Kier molecular flexibility index (Phi) is 4.66. The summed E-state index contributed by atoms with van der Waals surface area (Å²) < 4.78 is 0. The summed E-state index contributed by atoms with van der Waals surface area (Å²) in [7, 11) is 0. The number of hydrogen-bond acceptors (Lipinski definition) is 2. The van der Waals surface area contributed by atoms with Gasteiger partial charge in [-0.3, -0.25) is 0 Å². The van der Waals surface area contributed by atoms with Crippen LogP contribution in [0.1, 0.15) is 39.0 Å². The molecule has 2 aliphatic heterocycles. The van der Waals surface area contributed by atoms with E-state index in [2.05, 4.69) is 12.2 Å². The van der Waals surface area contributed by atoms with Crippen LogP contribution in [0.15, 0.2) is 0 Å². The van der Waals surface area contributed by atoms with E-state index >= 15 is 0 Å². The first kappa shape index (κ1) is 12.7. The van der Waals surface area contributed by atoms with Crippen molar-refractivity contribution in [3.8, 4) is 0 Å². The lowest BCUT2D eigenvalue weighted by atomic mass is 10.1. The molecule has 0 saturated carbocycles. The minimum Gasteiger partial charge on any atom is -0.323 e. The van der Waals surface area contributed by atoms with Gasteiger partial charge in [0.2, 0.25) is 0 Å². The average molecular weight is 239 g/mol. The van der Waals surface area contributed by atoms with E-state index < -0.39 is 0 Å². The van der Waals surface area contributed by atoms with E-state index in [9.17, 15) is 4.79 Å². The minimum atomic E-state index is 0.270. The molecule has 4 heteroatoms. The second-order valence-electron chi connectivity index (χ2n) is 5.19. The summed E-state index contributed by atoms with van der Waals surface area (Å²) in [5.41, 5.74) is 0. The smallest absolute Gasteiger partial charge is 0.320 e. The molecular formula is C13H25N3O. The Morgan fingerprint density at radius 1 is 1.29 bits per heavy atom. The summed E-state index contributed by atoms with van der Waals surface area (Å²) in [5, 5.41) is 3.36. The number of carbonyl (C=O) groups is 1. The summed E-state index contributed by atoms with van der Waals surface area (Å²) in [6.07, 6.45) is 6.35. The molecule has 2 fully saturated rings. The van der Waals surface area contributed by atoms with Gasteiger partial charge < -0.3 is 15.1 Å². The molecule has 2 heterocycles. The lowest BCUT2D eigenvalue weighted by molar-refractivity contribution is 0.179. The number of amides is 2. The fourth-order valence-electron chi connectivity index (χ4n) is 2.78. The van der Waals surface area contributed by atoms with Crippen molar-refractivity contribution < 1.29 is 4.79 Å². The second kappa shape index (κ2) is 6.24. The number of unbranched alkanes of at least 4 members (excludes halogenated alkanes) is 4. The van der Waals surface area contributed by atoms with E-state index in [1.165, 1.54) is 32.1 Å². The zero-order chi connectivity index (χ0) is 12.1. The van der Waals surface area contributed by atoms with Crippen LogP contribution in [-0.2, 0) is 0 Å². The van der Waals surface area contributed by atoms with Crippen molar-refractivity contribution >= 4 is 6.03 Å². The maximum Gasteiger partial charge on any atom is 0.320 e. The Morgan fingerprint density at radius 2 is 2.12 bits per heavy atom. The number of piperazine rings is 1. The van der Waals surface area contributed by atoms with Crippen LogP contribution in [0.2, 0.25) is 0 Å². The molecule has 0 aromatic heterocycles. The van der Waals surface area contributed by atoms with E-state index in [4.69, 9.17) is 0 Å². The van der Waals surface area contributed by atoms with Crippen molar-refractivity contribution in [1.29, 1.82) is 0 Å². The Bertz CT molecular complexity index is 257. The van der Waals surface area contributed by atoms with Gasteiger partial charge >= 0.3 is 6.03 Å². The number of fused-ring (bicyclic) bond motifs is 1. The fraction of sp³-hybridized carbons (Fsp3) is 0.923. The van der Waals surface area contributed by atoms with Gasteiger partial charge in [0.05, 0.1) is 6.04 Å². The molecule has 17 heavy (non-hydrogen) atoms. The van der Waals surface area contributed by atoms with Crippen LogP contribution in [0.25, 0.3) is 0 Å². The molecule has 0 bridgehead atoms. The first-order chi connectivity index (χ1) is 8.33. The van der Waals surface area contributed by atoms with Crippen LogP contribution in [0.5, 0.6) is 0 Å². The third kappa shape index (κ3) is 3.12. The number of nitrogens with one attached hydrogen (secondary N) is 1. The normalized spacial score (nSPS) is 24.3. The fourth-order valence-corrected chi connectivity index (χ4v) is 2.78. The summed E-state index contributed by atoms with van der Waals surface area (Å²) in [4.78, 5) is 16.2. The van der Waals surface area contributed by atoms with Crippen LogP contribution in [0.4, 0.5) is 4.79 Å². The Morgan fingerprint density at radius 3 is 2.88 bits per heavy atom. The number of carbonyl (C=O) groups excluding carboxylic acids is 1. The monoisotopic (exact) mass is 239 g/mol. The molecule has 0 radical (unpaired) electrons. The van der Waals surface area contributed by atoms with E-state index in [0.29, 0.717) is 6.04 Å². The third-order valence-corrected chi connectivity index (χ3v) is 3.83. The molecule has 1 unspecified atom stereocenters. The Labute approximate surface area is 104 Å². The standard InChI is InChI=1S/C13H25N3O/c1-2-3-4-5-6-8-15-11-12-10-14-7-9-16(12)13(15)17/h12,14H,2-11H2,1H3. The number of hydrogen-bond donors (Lipinski definition) is 1. The molecule has 98 valence electrons. The lowest BCUT2D eigenvalue weighted by Gasteiger charge is -2.28. The van der Waals surface area contributed by atoms with Gasteiger partial charge in [0.1, 0.15) is 0 Å². The summed E-state index contributed by atoms with van der Waals surface area (Å²) in [5.74, 6) is 0. The highest BCUT2D eigenvalue weighted by Gasteiger charge is 2.37. The predicted octanol–water partition coefficient (Wildman–Crippen LogP) is 1.67. The van der Waals surface area contributed by atoms with Gasteiger partial charge in [-0.15, -0.1) is 0 Å².